The van der Waals surface area contributed by atoms with Gasteiger partial charge in [0.15, 0.2) is 0 Å². The van der Waals surface area contributed by atoms with Gasteiger partial charge in [0.25, 0.3) is 11.8 Å². The number of hydrogen-bond donors (Lipinski definition) is 0. The SMILES string of the molecule is COc1ccccc1C=CCN(CCN1CCN(C(=O)c2cccc(F)c2)CC1)C(=O)c1cccc(Cl)c1. The van der Waals surface area contributed by atoms with Gasteiger partial charge >= 0.3 is 0 Å². The summed E-state index contributed by atoms with van der Waals surface area (Å²) in [5.74, 6) is 0.0846. The summed E-state index contributed by atoms with van der Waals surface area (Å²) in [5, 5.41) is 0.513. The Kier molecular flexibility index (Phi) is 9.51. The fraction of sp³-hybridized carbons (Fsp3) is 0.267. The van der Waals surface area contributed by atoms with Crippen molar-refractivity contribution in [2.75, 3.05) is 52.9 Å². The molecule has 0 aliphatic carbocycles. The van der Waals surface area contributed by atoms with E-state index in [-0.39, 0.29) is 11.8 Å². The summed E-state index contributed by atoms with van der Waals surface area (Å²) < 4.78 is 19.0. The molecular formula is C30H31ClFN3O3. The molecule has 0 radical (unpaired) electrons. The van der Waals surface area contributed by atoms with E-state index in [0.717, 1.165) is 11.3 Å². The maximum atomic E-state index is 13.5. The van der Waals surface area contributed by atoms with Crippen LogP contribution in [0.5, 0.6) is 5.75 Å². The third-order valence-corrected chi connectivity index (χ3v) is 6.77. The predicted octanol–water partition coefficient (Wildman–Crippen LogP) is 5.10. The van der Waals surface area contributed by atoms with Crippen molar-refractivity contribution in [1.82, 2.24) is 14.7 Å². The van der Waals surface area contributed by atoms with Crippen molar-refractivity contribution in [3.63, 3.8) is 0 Å². The Morgan fingerprint density at radius 3 is 2.45 bits per heavy atom. The molecule has 1 aliphatic heterocycles. The molecule has 1 heterocycles. The molecule has 0 spiro atoms. The first kappa shape index (κ1) is 27.4. The Hall–Kier alpha value is -3.68. The van der Waals surface area contributed by atoms with Gasteiger partial charge in [-0.05, 0) is 42.5 Å². The summed E-state index contributed by atoms with van der Waals surface area (Å²) >= 11 is 6.14. The van der Waals surface area contributed by atoms with E-state index >= 15 is 0 Å². The lowest BCUT2D eigenvalue weighted by molar-refractivity contribution is 0.0609. The third kappa shape index (κ3) is 7.21. The van der Waals surface area contributed by atoms with Crippen LogP contribution in [-0.4, -0.2) is 79.4 Å². The van der Waals surface area contributed by atoms with E-state index in [9.17, 15) is 14.0 Å². The number of rotatable bonds is 9. The van der Waals surface area contributed by atoms with Crippen molar-refractivity contribution in [3.05, 3.63) is 106 Å². The van der Waals surface area contributed by atoms with Crippen LogP contribution in [0.1, 0.15) is 26.3 Å². The molecular weight excluding hydrogens is 505 g/mol. The Morgan fingerprint density at radius 1 is 0.974 bits per heavy atom. The average Bonchev–Trinajstić information content (AvgIpc) is 2.94. The van der Waals surface area contributed by atoms with Crippen LogP contribution in [0.4, 0.5) is 4.39 Å². The van der Waals surface area contributed by atoms with Gasteiger partial charge in [-0.25, -0.2) is 4.39 Å². The summed E-state index contributed by atoms with van der Waals surface area (Å²) in [5.41, 5.74) is 1.83. The Morgan fingerprint density at radius 2 is 1.71 bits per heavy atom. The topological polar surface area (TPSA) is 53.1 Å². The largest absolute Gasteiger partial charge is 0.496 e. The smallest absolute Gasteiger partial charge is 0.254 e. The molecule has 198 valence electrons. The molecule has 1 aliphatic rings. The van der Waals surface area contributed by atoms with E-state index in [1.807, 2.05) is 36.4 Å². The third-order valence-electron chi connectivity index (χ3n) is 6.54. The minimum atomic E-state index is -0.418. The maximum absolute atomic E-state index is 13.5. The molecule has 2 amide bonds. The van der Waals surface area contributed by atoms with E-state index in [2.05, 4.69) is 4.90 Å². The highest BCUT2D eigenvalue weighted by Crippen LogP contribution is 2.19. The zero-order valence-electron chi connectivity index (χ0n) is 21.4. The number of nitrogens with zero attached hydrogens (tertiary/aromatic N) is 3. The van der Waals surface area contributed by atoms with E-state index in [0.29, 0.717) is 62.0 Å². The highest BCUT2D eigenvalue weighted by Gasteiger charge is 2.23. The fourth-order valence-corrected chi connectivity index (χ4v) is 4.62. The second-order valence-electron chi connectivity index (χ2n) is 9.05. The van der Waals surface area contributed by atoms with E-state index in [1.54, 1.807) is 53.3 Å². The molecule has 3 aromatic rings. The number of carbonyl (C=O) groups is 2. The molecule has 0 aromatic heterocycles. The minimum absolute atomic E-state index is 0.0999. The zero-order valence-corrected chi connectivity index (χ0v) is 22.1. The fourth-order valence-electron chi connectivity index (χ4n) is 4.43. The standard InChI is InChI=1S/C30H31ClFN3O3/c1-38-28-13-3-2-7-23(28)10-6-14-34(29(36)24-8-4-11-26(31)21-24)18-15-33-16-19-35(20-17-33)30(37)25-9-5-12-27(32)22-25/h2-13,21-22H,14-20H2,1H3. The zero-order chi connectivity index (χ0) is 26.9. The number of benzene rings is 3. The number of carbonyl (C=O) groups excluding carboxylic acids is 2. The van der Waals surface area contributed by atoms with Crippen molar-refractivity contribution >= 4 is 29.5 Å². The van der Waals surface area contributed by atoms with Crippen LogP contribution in [0.2, 0.25) is 5.02 Å². The lowest BCUT2D eigenvalue weighted by Crippen LogP contribution is -2.50. The Balaban J connectivity index is 1.38. The van der Waals surface area contributed by atoms with Gasteiger partial charge in [-0.2, -0.15) is 0 Å². The molecule has 4 rings (SSSR count). The average molecular weight is 536 g/mol. The van der Waals surface area contributed by atoms with Gasteiger partial charge in [-0.3, -0.25) is 14.5 Å². The number of piperazine rings is 1. The Labute approximate surface area is 227 Å². The van der Waals surface area contributed by atoms with E-state index < -0.39 is 5.82 Å². The predicted molar refractivity (Wildman–Crippen MR) is 148 cm³/mol. The molecule has 1 fully saturated rings. The molecule has 0 bridgehead atoms. The molecule has 0 unspecified atom stereocenters. The summed E-state index contributed by atoms with van der Waals surface area (Å²) in [4.78, 5) is 31.9. The van der Waals surface area contributed by atoms with Gasteiger partial charge in [0.2, 0.25) is 0 Å². The number of methoxy groups -OCH3 is 1. The van der Waals surface area contributed by atoms with Gasteiger partial charge in [0.05, 0.1) is 7.11 Å². The number of para-hydroxylation sites is 1. The maximum Gasteiger partial charge on any atom is 0.254 e. The van der Waals surface area contributed by atoms with Crippen LogP contribution in [-0.2, 0) is 0 Å². The highest BCUT2D eigenvalue weighted by molar-refractivity contribution is 6.30. The van der Waals surface area contributed by atoms with Crippen molar-refractivity contribution in [2.45, 2.75) is 0 Å². The first-order valence-corrected chi connectivity index (χ1v) is 12.9. The van der Waals surface area contributed by atoms with Gasteiger partial charge in [0, 0.05) is 67.5 Å². The minimum Gasteiger partial charge on any atom is -0.496 e. The van der Waals surface area contributed by atoms with Gasteiger partial charge in [-0.1, -0.05) is 54.1 Å². The van der Waals surface area contributed by atoms with E-state index in [4.69, 9.17) is 16.3 Å². The second kappa shape index (κ2) is 13.2. The monoisotopic (exact) mass is 535 g/mol. The van der Waals surface area contributed by atoms with Crippen LogP contribution in [0.25, 0.3) is 6.08 Å². The molecule has 0 saturated carbocycles. The lowest BCUT2D eigenvalue weighted by Gasteiger charge is -2.35. The quantitative estimate of drug-likeness (QED) is 0.382. The normalized spacial score (nSPS) is 14.0. The van der Waals surface area contributed by atoms with Gasteiger partial charge < -0.3 is 14.5 Å². The van der Waals surface area contributed by atoms with Crippen molar-refractivity contribution in [1.29, 1.82) is 0 Å². The molecule has 0 atom stereocenters. The van der Waals surface area contributed by atoms with Crippen LogP contribution in [0, 0.1) is 5.82 Å². The van der Waals surface area contributed by atoms with Gasteiger partial charge in [-0.15, -0.1) is 0 Å². The molecule has 6 nitrogen and oxygen atoms in total. The number of amides is 2. The summed E-state index contributed by atoms with van der Waals surface area (Å²) in [6, 6.07) is 20.5. The van der Waals surface area contributed by atoms with Crippen LogP contribution >= 0.6 is 11.6 Å². The Bertz CT molecular complexity index is 1290. The second-order valence-corrected chi connectivity index (χ2v) is 9.49. The van der Waals surface area contributed by atoms with E-state index in [1.165, 1.54) is 12.1 Å². The van der Waals surface area contributed by atoms with Gasteiger partial charge in [0.1, 0.15) is 11.6 Å². The van der Waals surface area contributed by atoms with Crippen molar-refractivity contribution in [3.8, 4) is 5.75 Å². The number of halogens is 2. The summed E-state index contributed by atoms with van der Waals surface area (Å²) in [6.07, 6.45) is 3.91. The summed E-state index contributed by atoms with van der Waals surface area (Å²) in [7, 11) is 1.63. The summed E-state index contributed by atoms with van der Waals surface area (Å²) in [6.45, 7) is 4.04. The first-order chi connectivity index (χ1) is 18.4. The highest BCUT2D eigenvalue weighted by atomic mass is 35.5. The molecule has 38 heavy (non-hydrogen) atoms. The number of hydrogen-bond acceptors (Lipinski definition) is 4. The van der Waals surface area contributed by atoms with Crippen LogP contribution in [0.3, 0.4) is 0 Å². The van der Waals surface area contributed by atoms with Crippen LogP contribution in [0.15, 0.2) is 78.9 Å². The van der Waals surface area contributed by atoms with Crippen LogP contribution < -0.4 is 4.74 Å². The van der Waals surface area contributed by atoms with Crippen molar-refractivity contribution < 1.29 is 18.7 Å². The first-order valence-electron chi connectivity index (χ1n) is 12.6. The molecule has 8 heteroatoms. The van der Waals surface area contributed by atoms with Crippen molar-refractivity contribution in [2.24, 2.45) is 0 Å². The number of ether oxygens (including phenoxy) is 1. The molecule has 3 aromatic carbocycles. The lowest BCUT2D eigenvalue weighted by atomic mass is 10.1. The molecule has 0 N–H and O–H groups in total. The molecule has 1 saturated heterocycles.